The molecule has 0 saturated carbocycles. The van der Waals surface area contributed by atoms with Crippen LogP contribution in [0.15, 0.2) is 53.7 Å². The summed E-state index contributed by atoms with van der Waals surface area (Å²) in [5, 5.41) is 9.70. The lowest BCUT2D eigenvalue weighted by Crippen LogP contribution is -2.01. The molecule has 0 aliphatic carbocycles. The molecule has 0 fully saturated rings. The minimum Gasteiger partial charge on any atom is -0.494 e. The van der Waals surface area contributed by atoms with Crippen LogP contribution in [0.5, 0.6) is 11.5 Å². The van der Waals surface area contributed by atoms with E-state index in [4.69, 9.17) is 14.5 Å². The molecule has 164 valence electrons. The molecular formula is C25H31N3O2S. The maximum absolute atomic E-state index is 5.59. The van der Waals surface area contributed by atoms with Crippen molar-refractivity contribution in [3.8, 4) is 34.0 Å². The van der Waals surface area contributed by atoms with Crippen molar-refractivity contribution >= 4 is 11.8 Å². The second kappa shape index (κ2) is 11.7. The first-order valence-corrected chi connectivity index (χ1v) is 12.0. The quantitative estimate of drug-likeness (QED) is 0.318. The second-order valence-corrected chi connectivity index (χ2v) is 8.42. The Morgan fingerprint density at radius 2 is 1.32 bits per heavy atom. The van der Waals surface area contributed by atoms with Gasteiger partial charge in [0.05, 0.1) is 13.2 Å². The van der Waals surface area contributed by atoms with Crippen LogP contribution in [0, 0.1) is 5.92 Å². The average Bonchev–Trinajstić information content (AvgIpc) is 2.80. The Hall–Kier alpha value is -2.60. The number of nitrogens with zero attached hydrogens (tertiary/aromatic N) is 3. The Morgan fingerprint density at radius 3 is 1.84 bits per heavy atom. The van der Waals surface area contributed by atoms with Crippen LogP contribution in [-0.2, 0) is 0 Å². The first kappa shape index (κ1) is 23.1. The van der Waals surface area contributed by atoms with Gasteiger partial charge >= 0.3 is 0 Å². The van der Waals surface area contributed by atoms with Gasteiger partial charge in [0.15, 0.2) is 0 Å². The summed E-state index contributed by atoms with van der Waals surface area (Å²) in [4.78, 5) is 4.89. The van der Waals surface area contributed by atoms with Gasteiger partial charge in [0.1, 0.15) is 22.9 Å². The summed E-state index contributed by atoms with van der Waals surface area (Å²) >= 11 is 1.67. The first-order chi connectivity index (χ1) is 15.1. The molecule has 0 bridgehead atoms. The van der Waals surface area contributed by atoms with Gasteiger partial charge in [-0.15, -0.1) is 10.2 Å². The second-order valence-electron chi connectivity index (χ2n) is 7.36. The van der Waals surface area contributed by atoms with Crippen molar-refractivity contribution in [3.05, 3.63) is 48.5 Å². The van der Waals surface area contributed by atoms with Crippen molar-refractivity contribution in [2.75, 3.05) is 19.0 Å². The van der Waals surface area contributed by atoms with Gasteiger partial charge < -0.3 is 9.47 Å². The summed E-state index contributed by atoms with van der Waals surface area (Å²) < 4.78 is 11.2. The molecule has 0 saturated heterocycles. The van der Waals surface area contributed by atoms with Crippen molar-refractivity contribution in [3.63, 3.8) is 0 Å². The normalized spacial score (nSPS) is 11.9. The molecule has 1 unspecified atom stereocenters. The van der Waals surface area contributed by atoms with Crippen LogP contribution in [0.25, 0.3) is 22.5 Å². The summed E-state index contributed by atoms with van der Waals surface area (Å²) in [6, 6.07) is 15.9. The highest BCUT2D eigenvalue weighted by Gasteiger charge is 2.15. The summed E-state index contributed by atoms with van der Waals surface area (Å²) in [6.07, 6.45) is 2.33. The number of hydrogen-bond acceptors (Lipinski definition) is 6. The van der Waals surface area contributed by atoms with Crippen LogP contribution in [0.4, 0.5) is 0 Å². The number of benzene rings is 2. The predicted molar refractivity (Wildman–Crippen MR) is 128 cm³/mol. The maximum Gasteiger partial charge on any atom is 0.209 e. The third-order valence-electron chi connectivity index (χ3n) is 5.08. The lowest BCUT2D eigenvalue weighted by molar-refractivity contribution is 0.340. The Bertz CT molecular complexity index is 946. The number of hydrogen-bond donors (Lipinski definition) is 0. The molecule has 3 rings (SSSR count). The summed E-state index contributed by atoms with van der Waals surface area (Å²) in [5.41, 5.74) is 3.54. The molecule has 0 N–H and O–H groups in total. The van der Waals surface area contributed by atoms with Gasteiger partial charge in [-0.1, -0.05) is 32.0 Å². The van der Waals surface area contributed by atoms with Gasteiger partial charge in [-0.2, -0.15) is 0 Å². The van der Waals surface area contributed by atoms with Crippen LogP contribution < -0.4 is 9.47 Å². The molecule has 1 atom stereocenters. The highest BCUT2D eigenvalue weighted by Crippen LogP contribution is 2.32. The third-order valence-corrected chi connectivity index (χ3v) is 5.95. The van der Waals surface area contributed by atoms with Crippen LogP contribution in [0.2, 0.25) is 0 Å². The number of ether oxygens (including phenoxy) is 2. The Labute approximate surface area is 189 Å². The largest absolute Gasteiger partial charge is 0.494 e. The fourth-order valence-corrected chi connectivity index (χ4v) is 4.03. The van der Waals surface area contributed by atoms with E-state index in [1.54, 1.807) is 11.8 Å². The van der Waals surface area contributed by atoms with E-state index in [0.717, 1.165) is 46.2 Å². The van der Waals surface area contributed by atoms with Gasteiger partial charge in [-0.05, 0) is 74.7 Å². The maximum atomic E-state index is 5.59. The minimum absolute atomic E-state index is 0.640. The summed E-state index contributed by atoms with van der Waals surface area (Å²) in [6.45, 7) is 9.74. The zero-order chi connectivity index (χ0) is 22.1. The Balaban J connectivity index is 1.93. The van der Waals surface area contributed by atoms with E-state index in [-0.39, 0.29) is 0 Å². The Kier molecular flexibility index (Phi) is 8.71. The van der Waals surface area contributed by atoms with Crippen molar-refractivity contribution < 1.29 is 9.47 Å². The molecule has 0 radical (unpaired) electrons. The van der Waals surface area contributed by atoms with E-state index < -0.39 is 0 Å². The monoisotopic (exact) mass is 437 g/mol. The minimum atomic E-state index is 0.640. The van der Waals surface area contributed by atoms with Crippen molar-refractivity contribution in [2.24, 2.45) is 5.92 Å². The molecule has 1 aromatic heterocycles. The zero-order valence-electron chi connectivity index (χ0n) is 18.8. The lowest BCUT2D eigenvalue weighted by atomic mass is 10.0. The molecule has 5 nitrogen and oxygen atoms in total. The van der Waals surface area contributed by atoms with Crippen LogP contribution in [0.3, 0.4) is 0 Å². The molecule has 31 heavy (non-hydrogen) atoms. The third kappa shape index (κ3) is 6.44. The fraction of sp³-hybridized carbons (Fsp3) is 0.400. The average molecular weight is 438 g/mol. The molecule has 3 aromatic rings. The number of aromatic nitrogens is 3. The molecule has 1 heterocycles. The number of thioether (sulfide) groups is 1. The van der Waals surface area contributed by atoms with Gasteiger partial charge in [0.2, 0.25) is 5.16 Å². The van der Waals surface area contributed by atoms with Crippen molar-refractivity contribution in [1.29, 1.82) is 0 Å². The molecule has 6 heteroatoms. The van der Waals surface area contributed by atoms with Gasteiger partial charge in [0.25, 0.3) is 0 Å². The highest BCUT2D eigenvalue weighted by atomic mass is 32.2. The lowest BCUT2D eigenvalue weighted by Gasteiger charge is -2.12. The molecule has 0 amide bonds. The molecule has 2 aromatic carbocycles. The van der Waals surface area contributed by atoms with Crippen molar-refractivity contribution in [1.82, 2.24) is 15.2 Å². The molecule has 0 aliphatic rings. The summed E-state index contributed by atoms with van der Waals surface area (Å²) in [5.74, 6) is 3.38. The van der Waals surface area contributed by atoms with Crippen LogP contribution in [-0.4, -0.2) is 34.1 Å². The van der Waals surface area contributed by atoms with Gasteiger partial charge in [-0.25, -0.2) is 4.98 Å². The van der Waals surface area contributed by atoms with E-state index in [0.29, 0.717) is 24.3 Å². The molecular weight excluding hydrogens is 406 g/mol. The topological polar surface area (TPSA) is 57.1 Å². The zero-order valence-corrected chi connectivity index (χ0v) is 19.6. The SMILES string of the molecule is CCOc1ccc(-c2nnc(SCCC(C)CC)nc2-c2ccc(OCC)cc2)cc1. The van der Waals surface area contributed by atoms with Crippen molar-refractivity contribution in [2.45, 2.75) is 45.7 Å². The number of rotatable bonds is 11. The van der Waals surface area contributed by atoms with E-state index in [1.165, 1.54) is 6.42 Å². The Morgan fingerprint density at radius 1 is 0.774 bits per heavy atom. The standard InChI is InChI=1S/C25H31N3O2S/c1-5-18(4)16-17-31-25-26-23(19-8-12-21(13-9-19)29-6-2)24(27-28-25)20-10-14-22(15-11-20)30-7-3/h8-15,18H,5-7,16-17H2,1-4H3. The van der Waals surface area contributed by atoms with E-state index >= 15 is 0 Å². The molecule has 0 aliphatic heterocycles. The highest BCUT2D eigenvalue weighted by molar-refractivity contribution is 7.99. The van der Waals surface area contributed by atoms with Gasteiger partial charge in [-0.3, -0.25) is 0 Å². The first-order valence-electron chi connectivity index (χ1n) is 11.0. The van der Waals surface area contributed by atoms with Crippen LogP contribution in [0.1, 0.15) is 40.5 Å². The van der Waals surface area contributed by atoms with E-state index in [1.807, 2.05) is 62.4 Å². The summed E-state index contributed by atoms with van der Waals surface area (Å²) in [7, 11) is 0. The van der Waals surface area contributed by atoms with E-state index in [2.05, 4.69) is 24.0 Å². The molecule has 0 spiro atoms. The smallest absolute Gasteiger partial charge is 0.209 e. The predicted octanol–water partition coefficient (Wildman–Crippen LogP) is 6.53. The fourth-order valence-electron chi connectivity index (χ4n) is 3.07. The van der Waals surface area contributed by atoms with Gasteiger partial charge in [0, 0.05) is 16.9 Å². The van der Waals surface area contributed by atoms with E-state index in [9.17, 15) is 0 Å². The van der Waals surface area contributed by atoms with Crippen LogP contribution >= 0.6 is 11.8 Å².